The van der Waals surface area contributed by atoms with Gasteiger partial charge in [-0.2, -0.15) is 0 Å². The third-order valence-electron chi connectivity index (χ3n) is 3.82. The molecule has 0 aliphatic carbocycles. The molecule has 1 unspecified atom stereocenters. The Hall–Kier alpha value is -0.650. The smallest absolute Gasteiger partial charge is 0.222 e. The van der Waals surface area contributed by atoms with Crippen LogP contribution < -0.4 is 0 Å². The van der Waals surface area contributed by atoms with Crippen molar-refractivity contribution in [3.63, 3.8) is 0 Å². The van der Waals surface area contributed by atoms with Crippen molar-refractivity contribution in [1.82, 2.24) is 9.80 Å². The SMILES string of the molecule is CCCOOCC1CCCN1C(=O)CCCCCN(C)C. The second kappa shape index (κ2) is 11.0. The van der Waals surface area contributed by atoms with Crippen molar-refractivity contribution < 1.29 is 14.6 Å². The maximum atomic E-state index is 12.3. The largest absolute Gasteiger partial charge is 0.337 e. The lowest BCUT2D eigenvalue weighted by molar-refractivity contribution is -0.299. The topological polar surface area (TPSA) is 42.0 Å². The molecule has 1 aliphatic rings. The Kier molecular flexibility index (Phi) is 9.63. The summed E-state index contributed by atoms with van der Waals surface area (Å²) in [6, 6.07) is 0.205. The van der Waals surface area contributed by atoms with Gasteiger partial charge in [-0.1, -0.05) is 13.3 Å². The predicted molar refractivity (Wildman–Crippen MR) is 84.0 cm³/mol. The van der Waals surface area contributed by atoms with E-state index in [4.69, 9.17) is 9.78 Å². The first-order valence-electron chi connectivity index (χ1n) is 8.33. The van der Waals surface area contributed by atoms with Gasteiger partial charge in [-0.15, -0.1) is 0 Å². The van der Waals surface area contributed by atoms with E-state index >= 15 is 0 Å². The highest BCUT2D eigenvalue weighted by Gasteiger charge is 2.28. The second-order valence-electron chi connectivity index (χ2n) is 6.10. The van der Waals surface area contributed by atoms with Gasteiger partial charge in [-0.3, -0.25) is 4.79 Å². The zero-order valence-electron chi connectivity index (χ0n) is 14.0. The van der Waals surface area contributed by atoms with Crippen molar-refractivity contribution in [2.24, 2.45) is 0 Å². The molecule has 0 aromatic rings. The van der Waals surface area contributed by atoms with E-state index in [0.717, 1.165) is 51.6 Å². The Morgan fingerprint density at radius 1 is 1.24 bits per heavy atom. The van der Waals surface area contributed by atoms with Crippen LogP contribution in [-0.2, 0) is 14.6 Å². The van der Waals surface area contributed by atoms with Crippen molar-refractivity contribution in [3.8, 4) is 0 Å². The maximum absolute atomic E-state index is 12.3. The van der Waals surface area contributed by atoms with Crippen molar-refractivity contribution >= 4 is 5.91 Å². The lowest BCUT2D eigenvalue weighted by atomic mass is 10.1. The summed E-state index contributed by atoms with van der Waals surface area (Å²) in [4.78, 5) is 26.7. The average Bonchev–Trinajstić information content (AvgIpc) is 2.91. The number of rotatable bonds is 11. The molecule has 0 spiro atoms. The molecule has 1 fully saturated rings. The molecule has 124 valence electrons. The van der Waals surface area contributed by atoms with E-state index in [9.17, 15) is 4.79 Å². The van der Waals surface area contributed by atoms with E-state index in [1.165, 1.54) is 0 Å². The summed E-state index contributed by atoms with van der Waals surface area (Å²) in [5.74, 6) is 0.279. The number of likely N-dealkylation sites (tertiary alicyclic amines) is 1. The predicted octanol–water partition coefficient (Wildman–Crippen LogP) is 2.46. The molecule has 1 rings (SSSR count). The fourth-order valence-corrected chi connectivity index (χ4v) is 2.63. The van der Waals surface area contributed by atoms with E-state index in [1.54, 1.807) is 0 Å². The van der Waals surface area contributed by atoms with Gasteiger partial charge in [0.25, 0.3) is 0 Å². The first-order valence-corrected chi connectivity index (χ1v) is 8.33. The molecule has 1 heterocycles. The number of nitrogens with zero attached hydrogens (tertiary/aromatic N) is 2. The molecule has 0 bridgehead atoms. The summed E-state index contributed by atoms with van der Waals surface area (Å²) in [5, 5.41) is 0. The van der Waals surface area contributed by atoms with Crippen LogP contribution in [-0.4, -0.2) is 62.1 Å². The fraction of sp³-hybridized carbons (Fsp3) is 0.938. The highest BCUT2D eigenvalue weighted by molar-refractivity contribution is 5.76. The third-order valence-corrected chi connectivity index (χ3v) is 3.82. The summed E-state index contributed by atoms with van der Waals surface area (Å²) < 4.78 is 0. The van der Waals surface area contributed by atoms with E-state index < -0.39 is 0 Å². The molecule has 21 heavy (non-hydrogen) atoms. The Bertz CT molecular complexity index is 285. The number of carbonyl (C=O) groups is 1. The van der Waals surface area contributed by atoms with Crippen LogP contribution in [0.5, 0.6) is 0 Å². The zero-order valence-corrected chi connectivity index (χ0v) is 14.0. The zero-order chi connectivity index (χ0) is 15.5. The molecule has 0 N–H and O–H groups in total. The van der Waals surface area contributed by atoms with Gasteiger partial charge < -0.3 is 9.80 Å². The van der Waals surface area contributed by atoms with Crippen molar-refractivity contribution in [3.05, 3.63) is 0 Å². The Labute approximate surface area is 129 Å². The molecule has 0 radical (unpaired) electrons. The van der Waals surface area contributed by atoms with E-state index in [1.807, 2.05) is 11.8 Å². The third kappa shape index (κ3) is 7.79. The summed E-state index contributed by atoms with van der Waals surface area (Å²) >= 11 is 0. The van der Waals surface area contributed by atoms with Crippen LogP contribution in [0.25, 0.3) is 0 Å². The highest BCUT2D eigenvalue weighted by atomic mass is 17.2. The molecular weight excluding hydrogens is 268 g/mol. The van der Waals surface area contributed by atoms with Gasteiger partial charge in [-0.05, 0) is 52.7 Å². The molecule has 1 amide bonds. The summed E-state index contributed by atoms with van der Waals surface area (Å²) in [5.41, 5.74) is 0. The van der Waals surface area contributed by atoms with Gasteiger partial charge in [0.15, 0.2) is 0 Å². The number of amides is 1. The van der Waals surface area contributed by atoms with Crippen molar-refractivity contribution in [2.45, 2.75) is 57.9 Å². The Morgan fingerprint density at radius 3 is 2.76 bits per heavy atom. The minimum absolute atomic E-state index is 0.205. The molecule has 1 aliphatic heterocycles. The van der Waals surface area contributed by atoms with Crippen LogP contribution in [0, 0.1) is 0 Å². The monoisotopic (exact) mass is 300 g/mol. The number of carbonyl (C=O) groups excluding carboxylic acids is 1. The van der Waals surface area contributed by atoms with Gasteiger partial charge in [0.2, 0.25) is 5.91 Å². The second-order valence-corrected chi connectivity index (χ2v) is 6.10. The van der Waals surface area contributed by atoms with E-state index in [-0.39, 0.29) is 11.9 Å². The summed E-state index contributed by atoms with van der Waals surface area (Å²) in [6.07, 6.45) is 7.00. The van der Waals surface area contributed by atoms with Gasteiger partial charge in [0.1, 0.15) is 6.61 Å². The molecule has 5 heteroatoms. The van der Waals surface area contributed by atoms with Crippen LogP contribution >= 0.6 is 0 Å². The molecular formula is C16H32N2O3. The Morgan fingerprint density at radius 2 is 2.05 bits per heavy atom. The van der Waals surface area contributed by atoms with Crippen LogP contribution in [0.1, 0.15) is 51.9 Å². The quantitative estimate of drug-likeness (QED) is 0.334. The van der Waals surface area contributed by atoms with Gasteiger partial charge >= 0.3 is 0 Å². The number of hydrogen-bond acceptors (Lipinski definition) is 4. The maximum Gasteiger partial charge on any atom is 0.222 e. The van der Waals surface area contributed by atoms with Crippen LogP contribution in [0.4, 0.5) is 0 Å². The van der Waals surface area contributed by atoms with Crippen LogP contribution in [0.15, 0.2) is 0 Å². The van der Waals surface area contributed by atoms with Crippen molar-refractivity contribution in [2.75, 3.05) is 40.4 Å². The normalized spacial score (nSPS) is 18.7. The average molecular weight is 300 g/mol. The standard InChI is InChI=1S/C16H32N2O3/c1-4-13-20-21-14-15-9-8-12-18(15)16(19)10-6-5-7-11-17(2)3/h15H,4-14H2,1-3H3. The molecule has 1 saturated heterocycles. The van der Waals surface area contributed by atoms with Crippen LogP contribution in [0.2, 0.25) is 0 Å². The minimum Gasteiger partial charge on any atom is -0.337 e. The van der Waals surface area contributed by atoms with E-state index in [0.29, 0.717) is 19.6 Å². The molecule has 1 atom stereocenters. The minimum atomic E-state index is 0.205. The summed E-state index contributed by atoms with van der Waals surface area (Å²) in [6.45, 7) is 5.14. The molecule has 0 aromatic heterocycles. The fourth-order valence-electron chi connectivity index (χ4n) is 2.63. The van der Waals surface area contributed by atoms with E-state index in [2.05, 4.69) is 19.0 Å². The lowest BCUT2D eigenvalue weighted by Crippen LogP contribution is -2.38. The Balaban J connectivity index is 2.16. The van der Waals surface area contributed by atoms with Gasteiger partial charge in [0.05, 0.1) is 12.6 Å². The van der Waals surface area contributed by atoms with Crippen LogP contribution in [0.3, 0.4) is 0 Å². The van der Waals surface area contributed by atoms with Gasteiger partial charge in [-0.25, -0.2) is 9.78 Å². The number of hydrogen-bond donors (Lipinski definition) is 0. The molecule has 5 nitrogen and oxygen atoms in total. The first-order chi connectivity index (χ1) is 10.1. The highest BCUT2D eigenvalue weighted by Crippen LogP contribution is 2.19. The summed E-state index contributed by atoms with van der Waals surface area (Å²) in [7, 11) is 4.17. The molecule has 0 aromatic carbocycles. The molecule has 0 saturated carbocycles. The number of unbranched alkanes of at least 4 members (excludes halogenated alkanes) is 2. The lowest BCUT2D eigenvalue weighted by Gasteiger charge is -2.24. The van der Waals surface area contributed by atoms with Crippen molar-refractivity contribution in [1.29, 1.82) is 0 Å². The first kappa shape index (κ1) is 18.4. The van der Waals surface area contributed by atoms with Gasteiger partial charge in [0, 0.05) is 13.0 Å².